The molecule has 4 nitrogen and oxygen atoms in total. The highest BCUT2D eigenvalue weighted by Gasteiger charge is 2.15. The van der Waals surface area contributed by atoms with Gasteiger partial charge in [-0.15, -0.1) is 11.3 Å². The third-order valence-corrected chi connectivity index (χ3v) is 5.31. The zero-order valence-electron chi connectivity index (χ0n) is 10.3. The van der Waals surface area contributed by atoms with Gasteiger partial charge in [-0.25, -0.2) is 13.1 Å². The van der Waals surface area contributed by atoms with E-state index in [0.717, 1.165) is 30.8 Å². The van der Waals surface area contributed by atoms with Crippen molar-refractivity contribution in [2.75, 3.05) is 13.1 Å². The Balaban J connectivity index is 2.61. The van der Waals surface area contributed by atoms with Gasteiger partial charge >= 0.3 is 0 Å². The maximum absolute atomic E-state index is 11.9. The maximum Gasteiger partial charge on any atom is 0.250 e. The maximum atomic E-state index is 11.9. The molecule has 6 heteroatoms. The van der Waals surface area contributed by atoms with E-state index >= 15 is 0 Å². The fourth-order valence-electron chi connectivity index (χ4n) is 1.30. The average molecular weight is 276 g/mol. The summed E-state index contributed by atoms with van der Waals surface area (Å²) < 4.78 is 26.8. The summed E-state index contributed by atoms with van der Waals surface area (Å²) in [7, 11) is -3.30. The van der Waals surface area contributed by atoms with Gasteiger partial charge in [0.1, 0.15) is 4.21 Å². The molecule has 1 aromatic rings. The summed E-state index contributed by atoms with van der Waals surface area (Å²) in [6.07, 6.45) is 1.85. The summed E-state index contributed by atoms with van der Waals surface area (Å²) in [6, 6.07) is 3.54. The first kappa shape index (κ1) is 14.6. The van der Waals surface area contributed by atoms with Gasteiger partial charge in [0.25, 0.3) is 0 Å². The number of rotatable bonds is 8. The highest BCUT2D eigenvalue weighted by molar-refractivity contribution is 7.91. The van der Waals surface area contributed by atoms with Crippen LogP contribution in [0, 0.1) is 0 Å². The van der Waals surface area contributed by atoms with Crippen LogP contribution in [0.3, 0.4) is 0 Å². The molecule has 0 radical (unpaired) electrons. The van der Waals surface area contributed by atoms with Crippen molar-refractivity contribution < 1.29 is 8.42 Å². The van der Waals surface area contributed by atoms with Crippen molar-refractivity contribution in [3.63, 3.8) is 0 Å². The van der Waals surface area contributed by atoms with Gasteiger partial charge in [-0.3, -0.25) is 0 Å². The first-order valence-electron chi connectivity index (χ1n) is 5.89. The molecule has 1 aromatic heterocycles. The normalized spacial score (nSPS) is 11.9. The second-order valence-electron chi connectivity index (χ2n) is 3.75. The van der Waals surface area contributed by atoms with Gasteiger partial charge < -0.3 is 5.32 Å². The minimum Gasteiger partial charge on any atom is -0.312 e. The monoisotopic (exact) mass is 276 g/mol. The standard InChI is InChI=1S/C11H20N2O2S2/c1-3-5-8-13-17(14,15)11-7-6-10(16-11)9-12-4-2/h6-7,12-13H,3-5,8-9H2,1-2H3. The van der Waals surface area contributed by atoms with E-state index in [1.807, 2.05) is 19.9 Å². The Labute approximate surface area is 107 Å². The summed E-state index contributed by atoms with van der Waals surface area (Å²) in [6.45, 7) is 6.19. The minimum atomic E-state index is -3.30. The molecule has 2 N–H and O–H groups in total. The Morgan fingerprint density at radius 1 is 1.29 bits per heavy atom. The van der Waals surface area contributed by atoms with E-state index in [0.29, 0.717) is 10.8 Å². The summed E-state index contributed by atoms with van der Waals surface area (Å²) >= 11 is 1.32. The van der Waals surface area contributed by atoms with Crippen LogP contribution in [0.25, 0.3) is 0 Å². The van der Waals surface area contributed by atoms with Crippen molar-refractivity contribution in [3.8, 4) is 0 Å². The topological polar surface area (TPSA) is 58.2 Å². The lowest BCUT2D eigenvalue weighted by molar-refractivity contribution is 0.580. The van der Waals surface area contributed by atoms with E-state index in [2.05, 4.69) is 10.0 Å². The number of unbranched alkanes of at least 4 members (excludes halogenated alkanes) is 1. The van der Waals surface area contributed by atoms with Crippen LogP contribution in [0.2, 0.25) is 0 Å². The lowest BCUT2D eigenvalue weighted by atomic mass is 10.3. The number of hydrogen-bond acceptors (Lipinski definition) is 4. The molecule has 0 aliphatic carbocycles. The van der Waals surface area contributed by atoms with Crippen molar-refractivity contribution in [2.24, 2.45) is 0 Å². The highest BCUT2D eigenvalue weighted by atomic mass is 32.2. The molecular formula is C11H20N2O2S2. The van der Waals surface area contributed by atoms with E-state index in [-0.39, 0.29) is 0 Å². The van der Waals surface area contributed by atoms with E-state index in [1.54, 1.807) is 6.07 Å². The molecule has 0 aliphatic heterocycles. The molecule has 1 heterocycles. The van der Waals surface area contributed by atoms with Crippen LogP contribution in [0.5, 0.6) is 0 Å². The zero-order chi connectivity index (χ0) is 12.7. The SMILES string of the molecule is CCCCNS(=O)(=O)c1ccc(CNCC)s1. The zero-order valence-corrected chi connectivity index (χ0v) is 12.0. The van der Waals surface area contributed by atoms with Gasteiger partial charge in [0.2, 0.25) is 10.0 Å². The summed E-state index contributed by atoms with van der Waals surface area (Å²) in [5.41, 5.74) is 0. The molecule has 0 unspecified atom stereocenters. The molecule has 0 aliphatic rings. The summed E-state index contributed by atoms with van der Waals surface area (Å²) in [4.78, 5) is 1.04. The Morgan fingerprint density at radius 3 is 2.71 bits per heavy atom. The molecule has 17 heavy (non-hydrogen) atoms. The van der Waals surface area contributed by atoms with Crippen molar-refractivity contribution in [1.29, 1.82) is 0 Å². The Kier molecular flexibility index (Phi) is 6.11. The van der Waals surface area contributed by atoms with Crippen LogP contribution in [0.4, 0.5) is 0 Å². The first-order valence-corrected chi connectivity index (χ1v) is 8.19. The Morgan fingerprint density at radius 2 is 2.06 bits per heavy atom. The number of sulfonamides is 1. The van der Waals surface area contributed by atoms with Crippen LogP contribution in [0.15, 0.2) is 16.3 Å². The molecule has 0 atom stereocenters. The van der Waals surface area contributed by atoms with Gasteiger partial charge in [-0.05, 0) is 25.1 Å². The van der Waals surface area contributed by atoms with Gasteiger partial charge in [0.05, 0.1) is 0 Å². The van der Waals surface area contributed by atoms with E-state index < -0.39 is 10.0 Å². The fraction of sp³-hybridized carbons (Fsp3) is 0.636. The molecule has 0 saturated carbocycles. The summed E-state index contributed by atoms with van der Waals surface area (Å²) in [5.74, 6) is 0. The van der Waals surface area contributed by atoms with Crippen molar-refractivity contribution in [3.05, 3.63) is 17.0 Å². The predicted molar refractivity (Wildman–Crippen MR) is 71.8 cm³/mol. The number of hydrogen-bond donors (Lipinski definition) is 2. The molecular weight excluding hydrogens is 256 g/mol. The average Bonchev–Trinajstić information content (AvgIpc) is 2.76. The molecule has 0 spiro atoms. The quantitative estimate of drug-likeness (QED) is 0.713. The molecule has 0 saturated heterocycles. The van der Waals surface area contributed by atoms with Crippen molar-refractivity contribution in [2.45, 2.75) is 37.4 Å². The molecule has 0 aromatic carbocycles. The van der Waals surface area contributed by atoms with Crippen LogP contribution in [0.1, 0.15) is 31.6 Å². The molecule has 0 amide bonds. The van der Waals surface area contributed by atoms with E-state index in [4.69, 9.17) is 0 Å². The molecule has 1 rings (SSSR count). The third kappa shape index (κ3) is 4.75. The Bertz CT molecular complexity index is 426. The van der Waals surface area contributed by atoms with Gasteiger partial charge in [-0.1, -0.05) is 20.3 Å². The van der Waals surface area contributed by atoms with Crippen LogP contribution >= 0.6 is 11.3 Å². The second-order valence-corrected chi connectivity index (χ2v) is 6.91. The van der Waals surface area contributed by atoms with E-state index in [1.165, 1.54) is 11.3 Å². The predicted octanol–water partition coefficient (Wildman–Crippen LogP) is 1.94. The largest absolute Gasteiger partial charge is 0.312 e. The van der Waals surface area contributed by atoms with Crippen LogP contribution in [-0.4, -0.2) is 21.5 Å². The lowest BCUT2D eigenvalue weighted by Crippen LogP contribution is -2.23. The smallest absolute Gasteiger partial charge is 0.250 e. The summed E-state index contributed by atoms with van der Waals surface area (Å²) in [5, 5.41) is 3.18. The molecule has 98 valence electrons. The van der Waals surface area contributed by atoms with Crippen LogP contribution in [-0.2, 0) is 16.6 Å². The van der Waals surface area contributed by atoms with Crippen molar-refractivity contribution in [1.82, 2.24) is 10.0 Å². The third-order valence-electron chi connectivity index (χ3n) is 2.27. The fourth-order valence-corrected chi connectivity index (χ4v) is 3.74. The van der Waals surface area contributed by atoms with Crippen LogP contribution < -0.4 is 10.0 Å². The molecule has 0 bridgehead atoms. The first-order chi connectivity index (χ1) is 8.10. The Hall–Kier alpha value is -0.430. The van der Waals surface area contributed by atoms with Gasteiger partial charge in [-0.2, -0.15) is 0 Å². The van der Waals surface area contributed by atoms with Crippen molar-refractivity contribution >= 4 is 21.4 Å². The molecule has 0 fully saturated rings. The minimum absolute atomic E-state index is 0.404. The number of thiophene rings is 1. The van der Waals surface area contributed by atoms with Gasteiger partial charge in [0.15, 0.2) is 0 Å². The van der Waals surface area contributed by atoms with E-state index in [9.17, 15) is 8.42 Å². The lowest BCUT2D eigenvalue weighted by Gasteiger charge is -2.03. The number of nitrogens with one attached hydrogen (secondary N) is 2. The van der Waals surface area contributed by atoms with Gasteiger partial charge in [0, 0.05) is 18.0 Å². The highest BCUT2D eigenvalue weighted by Crippen LogP contribution is 2.21. The second kappa shape index (κ2) is 7.10.